The van der Waals surface area contributed by atoms with Gasteiger partial charge in [-0.2, -0.15) is 0 Å². The normalized spacial score (nSPS) is 19.4. The molecule has 1 saturated heterocycles. The van der Waals surface area contributed by atoms with Crippen LogP contribution in [-0.4, -0.2) is 35.8 Å². The predicted molar refractivity (Wildman–Crippen MR) is 61.6 cm³/mol. The Morgan fingerprint density at radius 1 is 1.56 bits per heavy atom. The van der Waals surface area contributed by atoms with Gasteiger partial charge in [-0.3, -0.25) is 10.1 Å². The van der Waals surface area contributed by atoms with E-state index in [1.807, 2.05) is 0 Å². The summed E-state index contributed by atoms with van der Waals surface area (Å²) in [7, 11) is 0. The van der Waals surface area contributed by atoms with Crippen LogP contribution < -0.4 is 5.32 Å². The maximum atomic E-state index is 11.1. The van der Waals surface area contributed by atoms with E-state index in [1.54, 1.807) is 0 Å². The van der Waals surface area contributed by atoms with Gasteiger partial charge in [0.25, 0.3) is 5.69 Å². The molecule has 0 radical (unpaired) electrons. The molecule has 1 fully saturated rings. The first-order chi connectivity index (χ1) is 8.59. The first kappa shape index (κ1) is 12.5. The number of morpholine rings is 1. The van der Waals surface area contributed by atoms with Gasteiger partial charge in [-0.1, -0.05) is 0 Å². The Hall–Kier alpha value is -1.99. The molecule has 1 atom stereocenters. The predicted octanol–water partition coefficient (Wildman–Crippen LogP) is 0.954. The lowest BCUT2D eigenvalue weighted by atomic mass is 9.99. The molecule has 0 aromatic heterocycles. The van der Waals surface area contributed by atoms with Crippen LogP contribution in [0.5, 0.6) is 0 Å². The topological polar surface area (TPSA) is 102 Å². The van der Waals surface area contributed by atoms with Gasteiger partial charge in [0.15, 0.2) is 0 Å². The number of nitro groups is 1. The van der Waals surface area contributed by atoms with Gasteiger partial charge in [0, 0.05) is 18.7 Å². The Kier molecular flexibility index (Phi) is 3.54. The molecule has 0 aliphatic carbocycles. The lowest BCUT2D eigenvalue weighted by Crippen LogP contribution is -2.35. The summed E-state index contributed by atoms with van der Waals surface area (Å²) in [6.07, 6.45) is 0. The van der Waals surface area contributed by atoms with Crippen LogP contribution in [0.4, 0.5) is 5.69 Å². The Morgan fingerprint density at radius 3 is 2.89 bits per heavy atom. The fourth-order valence-corrected chi connectivity index (χ4v) is 1.91. The number of nitrogens with zero attached hydrogens (tertiary/aromatic N) is 1. The molecular weight excluding hydrogens is 240 g/mol. The smallest absolute Gasteiger partial charge is 0.336 e. The quantitative estimate of drug-likeness (QED) is 0.613. The van der Waals surface area contributed by atoms with Gasteiger partial charge in [0.2, 0.25) is 0 Å². The molecule has 1 aliphatic heterocycles. The van der Waals surface area contributed by atoms with E-state index in [1.165, 1.54) is 18.2 Å². The van der Waals surface area contributed by atoms with Crippen LogP contribution in [0, 0.1) is 10.1 Å². The first-order valence-electron chi connectivity index (χ1n) is 5.42. The molecule has 7 heteroatoms. The Labute approximate surface area is 103 Å². The van der Waals surface area contributed by atoms with Gasteiger partial charge in [0.05, 0.1) is 29.7 Å². The van der Waals surface area contributed by atoms with Gasteiger partial charge < -0.3 is 15.2 Å². The molecule has 1 aromatic carbocycles. The molecule has 96 valence electrons. The van der Waals surface area contributed by atoms with E-state index in [2.05, 4.69) is 5.32 Å². The van der Waals surface area contributed by atoms with E-state index in [-0.39, 0.29) is 17.3 Å². The maximum Gasteiger partial charge on any atom is 0.336 e. The van der Waals surface area contributed by atoms with Gasteiger partial charge in [-0.05, 0) is 11.6 Å². The third-order valence-electron chi connectivity index (χ3n) is 2.77. The van der Waals surface area contributed by atoms with Crippen LogP contribution in [0.2, 0.25) is 0 Å². The third-order valence-corrected chi connectivity index (χ3v) is 2.77. The minimum atomic E-state index is -1.10. The van der Waals surface area contributed by atoms with Crippen LogP contribution in [0.15, 0.2) is 18.2 Å². The molecule has 1 aromatic rings. The van der Waals surface area contributed by atoms with E-state index in [9.17, 15) is 14.9 Å². The van der Waals surface area contributed by atoms with Crippen LogP contribution >= 0.6 is 0 Å². The number of non-ortho nitro benzene ring substituents is 1. The average Bonchev–Trinajstić information content (AvgIpc) is 2.39. The zero-order valence-corrected chi connectivity index (χ0v) is 9.46. The highest BCUT2D eigenvalue weighted by Crippen LogP contribution is 2.25. The van der Waals surface area contributed by atoms with Crippen molar-refractivity contribution < 1.29 is 19.6 Å². The second-order valence-electron chi connectivity index (χ2n) is 3.92. The first-order valence-corrected chi connectivity index (χ1v) is 5.42. The molecule has 1 unspecified atom stereocenters. The summed E-state index contributed by atoms with van der Waals surface area (Å²) in [4.78, 5) is 21.3. The van der Waals surface area contributed by atoms with Crippen LogP contribution in [-0.2, 0) is 4.74 Å². The highest BCUT2D eigenvalue weighted by Gasteiger charge is 2.23. The molecule has 2 N–H and O–H groups in total. The van der Waals surface area contributed by atoms with Gasteiger partial charge in [-0.25, -0.2) is 4.79 Å². The van der Waals surface area contributed by atoms with Crippen molar-refractivity contribution in [1.82, 2.24) is 5.32 Å². The van der Waals surface area contributed by atoms with Gasteiger partial charge in [-0.15, -0.1) is 0 Å². The number of hydrogen-bond donors (Lipinski definition) is 2. The minimum absolute atomic E-state index is 0.0589. The molecule has 1 heterocycles. The fourth-order valence-electron chi connectivity index (χ4n) is 1.91. The number of benzene rings is 1. The van der Waals surface area contributed by atoms with Gasteiger partial charge >= 0.3 is 5.97 Å². The van der Waals surface area contributed by atoms with Crippen molar-refractivity contribution in [3.63, 3.8) is 0 Å². The number of ether oxygens (including phenoxy) is 1. The number of carboxylic acid groups (broad SMARTS) is 1. The summed E-state index contributed by atoms with van der Waals surface area (Å²) in [6, 6.07) is 3.41. The minimum Gasteiger partial charge on any atom is -0.478 e. The molecule has 1 aliphatic rings. The van der Waals surface area contributed by atoms with Crippen molar-refractivity contribution in [2.75, 3.05) is 19.8 Å². The SMILES string of the molecule is O=C(O)c1ccc([N+](=O)[O-])cc1C1COCCN1. The van der Waals surface area contributed by atoms with Crippen LogP contribution in [0.1, 0.15) is 22.0 Å². The zero-order valence-electron chi connectivity index (χ0n) is 9.46. The lowest BCUT2D eigenvalue weighted by molar-refractivity contribution is -0.384. The fraction of sp³-hybridized carbons (Fsp3) is 0.364. The summed E-state index contributed by atoms with van der Waals surface area (Å²) in [5.74, 6) is -1.10. The zero-order chi connectivity index (χ0) is 13.1. The van der Waals surface area contributed by atoms with Crippen molar-refractivity contribution >= 4 is 11.7 Å². The molecule has 18 heavy (non-hydrogen) atoms. The summed E-state index contributed by atoms with van der Waals surface area (Å²) >= 11 is 0. The van der Waals surface area contributed by atoms with Crippen molar-refractivity contribution in [2.45, 2.75) is 6.04 Å². The monoisotopic (exact) mass is 252 g/mol. The van der Waals surface area contributed by atoms with E-state index in [4.69, 9.17) is 9.84 Å². The molecule has 0 bridgehead atoms. The van der Waals surface area contributed by atoms with Crippen molar-refractivity contribution in [3.05, 3.63) is 39.4 Å². The molecule has 0 spiro atoms. The van der Waals surface area contributed by atoms with Crippen molar-refractivity contribution in [2.24, 2.45) is 0 Å². The summed E-state index contributed by atoms with van der Waals surface area (Å²) in [5.41, 5.74) is 0.322. The number of rotatable bonds is 3. The third kappa shape index (κ3) is 2.47. The number of nitrogens with one attached hydrogen (secondary N) is 1. The van der Waals surface area contributed by atoms with E-state index in [0.29, 0.717) is 25.3 Å². The summed E-state index contributed by atoms with van der Waals surface area (Å²) in [5, 5.41) is 22.9. The summed E-state index contributed by atoms with van der Waals surface area (Å²) < 4.78 is 5.25. The second-order valence-corrected chi connectivity index (χ2v) is 3.92. The summed E-state index contributed by atoms with van der Waals surface area (Å²) in [6.45, 7) is 1.45. The molecule has 7 nitrogen and oxygen atoms in total. The highest BCUT2D eigenvalue weighted by atomic mass is 16.6. The van der Waals surface area contributed by atoms with Crippen molar-refractivity contribution in [3.8, 4) is 0 Å². The number of aromatic carboxylic acids is 1. The van der Waals surface area contributed by atoms with Crippen LogP contribution in [0.25, 0.3) is 0 Å². The largest absolute Gasteiger partial charge is 0.478 e. The molecule has 2 rings (SSSR count). The average molecular weight is 252 g/mol. The van der Waals surface area contributed by atoms with Crippen molar-refractivity contribution in [1.29, 1.82) is 0 Å². The lowest BCUT2D eigenvalue weighted by Gasteiger charge is -2.25. The Balaban J connectivity index is 2.42. The van der Waals surface area contributed by atoms with E-state index in [0.717, 1.165) is 0 Å². The molecule has 0 amide bonds. The molecular formula is C11H12N2O5. The Morgan fingerprint density at radius 2 is 2.33 bits per heavy atom. The van der Waals surface area contributed by atoms with Gasteiger partial charge in [0.1, 0.15) is 0 Å². The maximum absolute atomic E-state index is 11.1. The van der Waals surface area contributed by atoms with E-state index < -0.39 is 10.9 Å². The number of carbonyl (C=O) groups is 1. The standard InChI is InChI=1S/C11H12N2O5/c14-11(15)8-2-1-7(13(16)17)5-9(8)10-6-18-4-3-12-10/h1-2,5,10,12H,3-4,6H2,(H,14,15). The van der Waals surface area contributed by atoms with Crippen LogP contribution in [0.3, 0.4) is 0 Å². The number of hydrogen-bond acceptors (Lipinski definition) is 5. The number of nitro benzene ring substituents is 1. The second kappa shape index (κ2) is 5.11. The molecule has 0 saturated carbocycles. The van der Waals surface area contributed by atoms with E-state index >= 15 is 0 Å². The highest BCUT2D eigenvalue weighted by molar-refractivity contribution is 5.90. The Bertz CT molecular complexity index is 482. The number of carboxylic acids is 1.